The highest BCUT2D eigenvalue weighted by Gasteiger charge is 2.32. The fraction of sp³-hybridized carbons (Fsp3) is 0.333. The summed E-state index contributed by atoms with van der Waals surface area (Å²) in [5.41, 5.74) is 6.40. The van der Waals surface area contributed by atoms with Gasteiger partial charge in [-0.15, -0.1) is 0 Å². The first-order chi connectivity index (χ1) is 13.9. The molecule has 0 saturated carbocycles. The Hall–Kier alpha value is -2.93. The van der Waals surface area contributed by atoms with E-state index in [1.165, 1.54) is 12.1 Å². The molecular formula is C21H23ClN2O5. The topological polar surface area (TPSA) is 91.1 Å². The number of primary amides is 1. The highest BCUT2D eigenvalue weighted by atomic mass is 35.5. The molecule has 0 bridgehead atoms. The number of nitrogens with zero attached hydrogens (tertiary/aromatic N) is 1. The van der Waals surface area contributed by atoms with Crippen molar-refractivity contribution in [1.82, 2.24) is 4.90 Å². The van der Waals surface area contributed by atoms with Crippen molar-refractivity contribution in [3.63, 3.8) is 0 Å². The van der Waals surface area contributed by atoms with E-state index >= 15 is 0 Å². The summed E-state index contributed by atoms with van der Waals surface area (Å²) in [5.74, 6) is 0.761. The number of benzene rings is 2. The summed E-state index contributed by atoms with van der Waals surface area (Å²) in [6.07, 6.45) is 1.67. The lowest BCUT2D eigenvalue weighted by Gasteiger charge is -2.26. The maximum Gasteiger partial charge on any atom is 0.261 e. The quantitative estimate of drug-likeness (QED) is 0.745. The van der Waals surface area contributed by atoms with E-state index in [4.69, 9.17) is 31.5 Å². The molecule has 1 aliphatic heterocycles. The van der Waals surface area contributed by atoms with Crippen molar-refractivity contribution in [2.45, 2.75) is 18.9 Å². The molecule has 0 aliphatic carbocycles. The highest BCUT2D eigenvalue weighted by Crippen LogP contribution is 2.39. The summed E-state index contributed by atoms with van der Waals surface area (Å²) in [7, 11) is 3.20. The first-order valence-corrected chi connectivity index (χ1v) is 9.56. The lowest BCUT2D eigenvalue weighted by molar-refractivity contribution is -0.134. The minimum Gasteiger partial charge on any atom is -0.497 e. The Morgan fingerprint density at radius 2 is 1.90 bits per heavy atom. The van der Waals surface area contributed by atoms with Gasteiger partial charge in [0.05, 0.1) is 25.8 Å². The Bertz CT molecular complexity index is 918. The molecule has 1 fully saturated rings. The van der Waals surface area contributed by atoms with Crippen molar-refractivity contribution in [2.75, 3.05) is 27.4 Å². The molecular weight excluding hydrogens is 396 g/mol. The minimum atomic E-state index is -0.671. The molecule has 0 unspecified atom stereocenters. The summed E-state index contributed by atoms with van der Waals surface area (Å²) in [4.78, 5) is 26.3. The molecule has 2 amide bonds. The number of hydrogen-bond acceptors (Lipinski definition) is 5. The lowest BCUT2D eigenvalue weighted by atomic mass is 10.0. The largest absolute Gasteiger partial charge is 0.497 e. The second-order valence-corrected chi connectivity index (χ2v) is 7.08. The smallest absolute Gasteiger partial charge is 0.261 e. The van der Waals surface area contributed by atoms with E-state index in [0.717, 1.165) is 18.4 Å². The van der Waals surface area contributed by atoms with E-state index in [0.29, 0.717) is 23.1 Å². The van der Waals surface area contributed by atoms with E-state index in [1.807, 2.05) is 18.2 Å². The number of likely N-dealkylation sites (tertiary alicyclic amines) is 1. The molecule has 0 aromatic heterocycles. The Kier molecular flexibility index (Phi) is 6.49. The van der Waals surface area contributed by atoms with Gasteiger partial charge in [0, 0.05) is 17.1 Å². The molecule has 2 aromatic rings. The molecule has 29 heavy (non-hydrogen) atoms. The summed E-state index contributed by atoms with van der Waals surface area (Å²) in [5, 5.41) is 0.363. The summed E-state index contributed by atoms with van der Waals surface area (Å²) in [6.45, 7) is 0.390. The maximum atomic E-state index is 12.9. The molecule has 1 aliphatic rings. The van der Waals surface area contributed by atoms with Gasteiger partial charge in [0.15, 0.2) is 6.61 Å². The van der Waals surface area contributed by atoms with Crippen molar-refractivity contribution in [1.29, 1.82) is 0 Å². The minimum absolute atomic E-state index is 0.137. The van der Waals surface area contributed by atoms with Gasteiger partial charge in [0.1, 0.15) is 17.2 Å². The van der Waals surface area contributed by atoms with Gasteiger partial charge in [0.2, 0.25) is 0 Å². The van der Waals surface area contributed by atoms with Crippen molar-refractivity contribution in [2.24, 2.45) is 5.73 Å². The average Bonchev–Trinajstić information content (AvgIpc) is 3.21. The third-order valence-corrected chi connectivity index (χ3v) is 5.16. The van der Waals surface area contributed by atoms with Crippen LogP contribution < -0.4 is 19.9 Å². The van der Waals surface area contributed by atoms with Gasteiger partial charge in [0.25, 0.3) is 11.8 Å². The molecule has 3 rings (SSSR count). The summed E-state index contributed by atoms with van der Waals surface area (Å²) in [6, 6.07) is 9.92. The first kappa shape index (κ1) is 20.8. The molecule has 8 heteroatoms. The van der Waals surface area contributed by atoms with Crippen LogP contribution in [-0.4, -0.2) is 44.1 Å². The standard InChI is InChI=1S/C21H23ClN2O5/c1-27-14-6-8-18(28-2)15(11-14)17-4-3-9-24(17)20(25)12-29-19-7-5-13(22)10-16(19)21(23)26/h5-8,10-11,17H,3-4,9,12H2,1-2H3,(H2,23,26)/t17-/m1/s1. The molecule has 1 heterocycles. The molecule has 0 spiro atoms. The van der Waals surface area contributed by atoms with Gasteiger partial charge in [-0.05, 0) is 49.2 Å². The molecule has 1 saturated heterocycles. The number of rotatable bonds is 7. The van der Waals surface area contributed by atoms with Gasteiger partial charge in [-0.25, -0.2) is 0 Å². The zero-order valence-electron chi connectivity index (χ0n) is 16.3. The molecule has 1 atom stereocenters. The number of halogens is 1. The Morgan fingerprint density at radius 1 is 1.14 bits per heavy atom. The molecule has 154 valence electrons. The number of methoxy groups -OCH3 is 2. The fourth-order valence-electron chi connectivity index (χ4n) is 3.53. The van der Waals surface area contributed by atoms with E-state index in [-0.39, 0.29) is 29.9 Å². The van der Waals surface area contributed by atoms with Crippen LogP contribution in [0.25, 0.3) is 0 Å². The van der Waals surface area contributed by atoms with Crippen LogP contribution in [0.15, 0.2) is 36.4 Å². The van der Waals surface area contributed by atoms with Gasteiger partial charge in [-0.1, -0.05) is 11.6 Å². The van der Waals surface area contributed by atoms with Crippen LogP contribution in [0.4, 0.5) is 0 Å². The number of nitrogens with two attached hydrogens (primary N) is 1. The van der Waals surface area contributed by atoms with Crippen LogP contribution in [0.1, 0.15) is 34.8 Å². The Morgan fingerprint density at radius 3 is 2.59 bits per heavy atom. The monoisotopic (exact) mass is 418 g/mol. The fourth-order valence-corrected chi connectivity index (χ4v) is 3.70. The first-order valence-electron chi connectivity index (χ1n) is 9.18. The second kappa shape index (κ2) is 9.05. The predicted octanol–water partition coefficient (Wildman–Crippen LogP) is 3.20. The van der Waals surface area contributed by atoms with Crippen LogP contribution >= 0.6 is 11.6 Å². The number of carbonyl (C=O) groups is 2. The van der Waals surface area contributed by atoms with Gasteiger partial charge in [-0.2, -0.15) is 0 Å². The van der Waals surface area contributed by atoms with Crippen molar-refractivity contribution >= 4 is 23.4 Å². The van der Waals surface area contributed by atoms with Crippen LogP contribution in [0.5, 0.6) is 17.2 Å². The Labute approximate surface area is 174 Å². The zero-order chi connectivity index (χ0) is 21.0. The van der Waals surface area contributed by atoms with Gasteiger partial charge >= 0.3 is 0 Å². The van der Waals surface area contributed by atoms with Crippen molar-refractivity contribution < 1.29 is 23.8 Å². The number of hydrogen-bond donors (Lipinski definition) is 1. The molecule has 7 nitrogen and oxygen atoms in total. The highest BCUT2D eigenvalue weighted by molar-refractivity contribution is 6.31. The summed E-state index contributed by atoms with van der Waals surface area (Å²) < 4.78 is 16.4. The average molecular weight is 419 g/mol. The third-order valence-electron chi connectivity index (χ3n) is 4.93. The van der Waals surface area contributed by atoms with E-state index in [2.05, 4.69) is 0 Å². The SMILES string of the molecule is COc1ccc(OC)c([C@H]2CCCN2C(=O)COc2ccc(Cl)cc2C(N)=O)c1. The Balaban J connectivity index is 1.77. The predicted molar refractivity (Wildman–Crippen MR) is 109 cm³/mol. The third kappa shape index (κ3) is 4.56. The van der Waals surface area contributed by atoms with E-state index in [9.17, 15) is 9.59 Å². The second-order valence-electron chi connectivity index (χ2n) is 6.65. The maximum absolute atomic E-state index is 12.9. The van der Waals surface area contributed by atoms with Crippen molar-refractivity contribution in [3.8, 4) is 17.2 Å². The van der Waals surface area contributed by atoms with Gasteiger partial charge < -0.3 is 24.8 Å². The molecule has 2 N–H and O–H groups in total. The number of amides is 2. The lowest BCUT2D eigenvalue weighted by Crippen LogP contribution is -2.34. The molecule has 2 aromatic carbocycles. The number of ether oxygens (including phenoxy) is 3. The van der Waals surface area contributed by atoms with Crippen LogP contribution in [-0.2, 0) is 4.79 Å². The van der Waals surface area contributed by atoms with E-state index < -0.39 is 5.91 Å². The molecule has 0 radical (unpaired) electrons. The van der Waals surface area contributed by atoms with Crippen molar-refractivity contribution in [3.05, 3.63) is 52.5 Å². The van der Waals surface area contributed by atoms with Crippen LogP contribution in [0, 0.1) is 0 Å². The number of carbonyl (C=O) groups excluding carboxylic acids is 2. The van der Waals surface area contributed by atoms with Gasteiger partial charge in [-0.3, -0.25) is 9.59 Å². The van der Waals surface area contributed by atoms with Crippen LogP contribution in [0.3, 0.4) is 0 Å². The summed E-state index contributed by atoms with van der Waals surface area (Å²) >= 11 is 5.91. The van der Waals surface area contributed by atoms with Crippen LogP contribution in [0.2, 0.25) is 5.02 Å². The van der Waals surface area contributed by atoms with E-state index in [1.54, 1.807) is 25.2 Å². The zero-order valence-corrected chi connectivity index (χ0v) is 17.1. The normalized spacial score (nSPS) is 15.8.